The molecule has 0 atom stereocenters. The van der Waals surface area contributed by atoms with E-state index in [0.717, 1.165) is 6.54 Å². The molecule has 86 valence electrons. The van der Waals surface area contributed by atoms with E-state index in [4.69, 9.17) is 5.11 Å². The Morgan fingerprint density at radius 1 is 1.50 bits per heavy atom. The van der Waals surface area contributed by atoms with E-state index in [1.807, 2.05) is 0 Å². The van der Waals surface area contributed by atoms with Crippen molar-refractivity contribution in [1.82, 2.24) is 9.97 Å². The lowest BCUT2D eigenvalue weighted by molar-refractivity contribution is 0.0691. The molecule has 5 nitrogen and oxygen atoms in total. The maximum Gasteiger partial charge on any atom is 0.358 e. The number of nitrogens with one attached hydrogen (secondary N) is 1. The van der Waals surface area contributed by atoms with Crippen LogP contribution in [0.1, 0.15) is 36.7 Å². The van der Waals surface area contributed by atoms with E-state index in [0.29, 0.717) is 5.82 Å². The molecule has 1 fully saturated rings. The molecule has 16 heavy (non-hydrogen) atoms. The van der Waals surface area contributed by atoms with Gasteiger partial charge < -0.3 is 10.4 Å². The van der Waals surface area contributed by atoms with Crippen molar-refractivity contribution < 1.29 is 9.90 Å². The van der Waals surface area contributed by atoms with Crippen molar-refractivity contribution in [1.29, 1.82) is 0 Å². The van der Waals surface area contributed by atoms with Crippen LogP contribution in [0, 0.1) is 5.41 Å². The first-order chi connectivity index (χ1) is 7.61. The third-order valence-electron chi connectivity index (χ3n) is 3.14. The predicted octanol–water partition coefficient (Wildman–Crippen LogP) is 1.78. The molecule has 1 aliphatic rings. The number of carboxylic acid groups (broad SMARTS) is 1. The number of hydrogen-bond donors (Lipinski definition) is 2. The summed E-state index contributed by atoms with van der Waals surface area (Å²) in [5.41, 5.74) is 0.276. The zero-order chi connectivity index (χ0) is 11.6. The van der Waals surface area contributed by atoms with Crippen LogP contribution in [-0.4, -0.2) is 27.6 Å². The van der Waals surface area contributed by atoms with Crippen molar-refractivity contribution in [3.05, 3.63) is 18.1 Å². The van der Waals surface area contributed by atoms with Crippen LogP contribution < -0.4 is 5.32 Å². The number of carboxylic acids is 1. The van der Waals surface area contributed by atoms with Crippen molar-refractivity contribution in [2.45, 2.75) is 26.2 Å². The fourth-order valence-corrected chi connectivity index (χ4v) is 1.88. The lowest BCUT2D eigenvalue weighted by atomic mass is 9.70. The van der Waals surface area contributed by atoms with E-state index in [-0.39, 0.29) is 11.1 Å². The number of aromatic carboxylic acids is 1. The maximum absolute atomic E-state index is 10.9. The highest BCUT2D eigenvalue weighted by Crippen LogP contribution is 2.40. The van der Waals surface area contributed by atoms with E-state index < -0.39 is 5.97 Å². The molecule has 0 amide bonds. The number of nitrogens with zero attached hydrogens (tertiary/aromatic N) is 2. The van der Waals surface area contributed by atoms with Gasteiger partial charge in [-0.1, -0.05) is 13.3 Å². The molecule has 1 aliphatic carbocycles. The van der Waals surface area contributed by atoms with Crippen LogP contribution in [-0.2, 0) is 0 Å². The molecule has 0 aromatic carbocycles. The van der Waals surface area contributed by atoms with Gasteiger partial charge in [-0.05, 0) is 18.3 Å². The molecule has 0 radical (unpaired) electrons. The lowest BCUT2D eigenvalue weighted by Gasteiger charge is -2.38. The number of carbonyl (C=O) groups is 1. The van der Waals surface area contributed by atoms with Gasteiger partial charge in [0, 0.05) is 18.9 Å². The number of aromatic nitrogens is 2. The largest absolute Gasteiger partial charge is 0.476 e. The van der Waals surface area contributed by atoms with Crippen LogP contribution in [0.3, 0.4) is 0 Å². The van der Waals surface area contributed by atoms with Gasteiger partial charge in [-0.15, -0.1) is 0 Å². The summed E-state index contributed by atoms with van der Waals surface area (Å²) in [6.45, 7) is 2.95. The predicted molar refractivity (Wildman–Crippen MR) is 59.4 cm³/mol. The molecule has 1 heterocycles. The van der Waals surface area contributed by atoms with Crippen molar-refractivity contribution in [2.24, 2.45) is 5.41 Å². The molecule has 5 heteroatoms. The molecule has 2 rings (SSSR count). The second-order valence-corrected chi connectivity index (χ2v) is 4.58. The highest BCUT2D eigenvalue weighted by Gasteiger charge is 2.31. The zero-order valence-electron chi connectivity index (χ0n) is 9.23. The van der Waals surface area contributed by atoms with Gasteiger partial charge >= 0.3 is 5.97 Å². The molecular weight excluding hydrogens is 206 g/mol. The quantitative estimate of drug-likeness (QED) is 0.810. The van der Waals surface area contributed by atoms with Crippen LogP contribution in [0.5, 0.6) is 0 Å². The fourth-order valence-electron chi connectivity index (χ4n) is 1.88. The van der Waals surface area contributed by atoms with Crippen molar-refractivity contribution >= 4 is 11.8 Å². The molecule has 0 saturated heterocycles. The molecule has 1 aromatic rings. The Labute approximate surface area is 93.9 Å². The van der Waals surface area contributed by atoms with Crippen LogP contribution in [0.4, 0.5) is 5.82 Å². The Kier molecular flexibility index (Phi) is 2.77. The average molecular weight is 221 g/mol. The summed E-state index contributed by atoms with van der Waals surface area (Å²) in [5, 5.41) is 12.0. The summed E-state index contributed by atoms with van der Waals surface area (Å²) in [6.07, 6.45) is 6.51. The normalized spacial score (nSPS) is 17.6. The third-order valence-corrected chi connectivity index (χ3v) is 3.14. The lowest BCUT2D eigenvalue weighted by Crippen LogP contribution is -2.33. The minimum absolute atomic E-state index is 0.00887. The second-order valence-electron chi connectivity index (χ2n) is 4.58. The van der Waals surface area contributed by atoms with Crippen molar-refractivity contribution in [2.75, 3.05) is 11.9 Å². The molecule has 0 unspecified atom stereocenters. The monoisotopic (exact) mass is 221 g/mol. The van der Waals surface area contributed by atoms with Crippen LogP contribution in [0.2, 0.25) is 0 Å². The van der Waals surface area contributed by atoms with Crippen molar-refractivity contribution in [3.8, 4) is 0 Å². The molecule has 0 bridgehead atoms. The maximum atomic E-state index is 10.9. The standard InChI is InChI=1S/C11H15N3O2/c1-11(3-2-4-11)7-14-9-8(10(15)16)12-5-6-13-9/h5-6H,2-4,7H2,1H3,(H,13,14)(H,15,16). The van der Waals surface area contributed by atoms with E-state index in [9.17, 15) is 4.79 Å². The molecule has 1 saturated carbocycles. The Morgan fingerprint density at radius 2 is 2.19 bits per heavy atom. The molecule has 0 spiro atoms. The SMILES string of the molecule is CC1(CNc2nccnc2C(=O)O)CCC1. The minimum Gasteiger partial charge on any atom is -0.476 e. The summed E-state index contributed by atoms with van der Waals surface area (Å²) in [6, 6.07) is 0. The third kappa shape index (κ3) is 2.13. The van der Waals surface area contributed by atoms with Crippen molar-refractivity contribution in [3.63, 3.8) is 0 Å². The first kappa shape index (κ1) is 10.9. The number of anilines is 1. The van der Waals surface area contributed by atoms with Gasteiger partial charge in [0.1, 0.15) is 0 Å². The molecular formula is C11H15N3O2. The average Bonchev–Trinajstić information content (AvgIpc) is 2.24. The van der Waals surface area contributed by atoms with Gasteiger partial charge in [0.15, 0.2) is 11.5 Å². The molecule has 0 aliphatic heterocycles. The van der Waals surface area contributed by atoms with Gasteiger partial charge in [0.2, 0.25) is 0 Å². The zero-order valence-corrected chi connectivity index (χ0v) is 9.23. The first-order valence-electron chi connectivity index (χ1n) is 5.39. The second kappa shape index (κ2) is 4.08. The van der Waals surface area contributed by atoms with Crippen LogP contribution in [0.15, 0.2) is 12.4 Å². The van der Waals surface area contributed by atoms with Gasteiger partial charge in [-0.2, -0.15) is 0 Å². The smallest absolute Gasteiger partial charge is 0.358 e. The van der Waals surface area contributed by atoms with E-state index >= 15 is 0 Å². The molecule has 1 aromatic heterocycles. The van der Waals surface area contributed by atoms with Crippen LogP contribution in [0.25, 0.3) is 0 Å². The van der Waals surface area contributed by atoms with Gasteiger partial charge in [-0.3, -0.25) is 0 Å². The highest BCUT2D eigenvalue weighted by atomic mass is 16.4. The first-order valence-corrected chi connectivity index (χ1v) is 5.39. The Balaban J connectivity index is 2.06. The highest BCUT2D eigenvalue weighted by molar-refractivity contribution is 5.90. The van der Waals surface area contributed by atoms with E-state index in [2.05, 4.69) is 22.2 Å². The Morgan fingerprint density at radius 3 is 2.75 bits per heavy atom. The van der Waals surface area contributed by atoms with Gasteiger partial charge in [0.05, 0.1) is 0 Å². The Hall–Kier alpha value is -1.65. The van der Waals surface area contributed by atoms with Gasteiger partial charge in [-0.25, -0.2) is 14.8 Å². The summed E-state index contributed by atoms with van der Waals surface area (Å²) in [4.78, 5) is 18.7. The summed E-state index contributed by atoms with van der Waals surface area (Å²) in [5.74, 6) is -0.683. The summed E-state index contributed by atoms with van der Waals surface area (Å²) in [7, 11) is 0. The molecule has 2 N–H and O–H groups in total. The number of hydrogen-bond acceptors (Lipinski definition) is 4. The summed E-state index contributed by atoms with van der Waals surface area (Å²) < 4.78 is 0. The van der Waals surface area contributed by atoms with Crippen LogP contribution >= 0.6 is 0 Å². The van der Waals surface area contributed by atoms with Gasteiger partial charge in [0.25, 0.3) is 0 Å². The van der Waals surface area contributed by atoms with E-state index in [1.165, 1.54) is 31.7 Å². The Bertz CT molecular complexity index is 402. The van der Waals surface area contributed by atoms with E-state index in [1.54, 1.807) is 0 Å². The minimum atomic E-state index is -1.05. The summed E-state index contributed by atoms with van der Waals surface area (Å²) >= 11 is 0. The fraction of sp³-hybridized carbons (Fsp3) is 0.545. The topological polar surface area (TPSA) is 75.1 Å². The number of rotatable bonds is 4.